The van der Waals surface area contributed by atoms with Crippen LogP contribution in [-0.2, 0) is 10.0 Å². The highest BCUT2D eigenvalue weighted by Gasteiger charge is 2.43. The molecule has 0 fully saturated rings. The van der Waals surface area contributed by atoms with Gasteiger partial charge in [-0.3, -0.25) is 10.1 Å². The van der Waals surface area contributed by atoms with Gasteiger partial charge in [-0.05, 0) is 50.2 Å². The molecule has 45 heavy (non-hydrogen) atoms. The molecule has 0 amide bonds. The predicted molar refractivity (Wildman–Crippen MR) is 170 cm³/mol. The molecule has 2 unspecified atom stereocenters. The highest BCUT2D eigenvalue weighted by Crippen LogP contribution is 2.43. The van der Waals surface area contributed by atoms with Gasteiger partial charge in [0.2, 0.25) is 0 Å². The molecule has 15 heteroatoms. The van der Waals surface area contributed by atoms with Crippen molar-refractivity contribution in [2.45, 2.75) is 83.5 Å². The van der Waals surface area contributed by atoms with Crippen molar-refractivity contribution in [3.63, 3.8) is 0 Å². The molecule has 0 radical (unpaired) electrons. The van der Waals surface area contributed by atoms with E-state index in [2.05, 4.69) is 69.8 Å². The van der Waals surface area contributed by atoms with E-state index >= 15 is 4.39 Å². The molecule has 246 valence electrons. The maximum absolute atomic E-state index is 15.4. The second-order valence-corrected chi connectivity index (χ2v) is 18.2. The third-order valence-corrected chi connectivity index (χ3v) is 13.1. The Morgan fingerprint density at radius 2 is 1.76 bits per heavy atom. The summed E-state index contributed by atoms with van der Waals surface area (Å²) in [5, 5.41) is 34.6. The van der Waals surface area contributed by atoms with E-state index in [1.165, 1.54) is 36.7 Å². The number of nitro groups is 1. The molecule has 0 bridgehead atoms. The quantitative estimate of drug-likeness (QED) is 0.0923. The highest BCUT2D eigenvalue weighted by atomic mass is 79.9. The number of alkyl halides is 2. The van der Waals surface area contributed by atoms with Crippen molar-refractivity contribution in [3.05, 3.63) is 74.5 Å². The topological polar surface area (TPSA) is 140 Å². The summed E-state index contributed by atoms with van der Waals surface area (Å²) in [5.74, 6) is -0.816. The number of benzene rings is 2. The molecule has 3 aromatic rings. The number of ether oxygens (including phenoxy) is 1. The molecule has 3 rings (SSSR count). The third-order valence-electron chi connectivity index (χ3n) is 7.73. The van der Waals surface area contributed by atoms with E-state index in [1.54, 1.807) is 0 Å². The first-order valence-corrected chi connectivity index (χ1v) is 17.8. The number of anilines is 1. The average molecular weight is 716 g/mol. The van der Waals surface area contributed by atoms with Crippen LogP contribution in [-0.4, -0.2) is 52.7 Å². The van der Waals surface area contributed by atoms with Crippen molar-refractivity contribution in [3.8, 4) is 16.9 Å². The molecule has 0 aliphatic heterocycles. The Labute approximate surface area is 269 Å². The van der Waals surface area contributed by atoms with Crippen molar-refractivity contribution < 1.29 is 37.5 Å². The van der Waals surface area contributed by atoms with Crippen molar-refractivity contribution >= 4 is 35.6 Å². The zero-order chi connectivity index (χ0) is 33.9. The van der Waals surface area contributed by atoms with Crippen molar-refractivity contribution in [2.24, 2.45) is 0 Å². The van der Waals surface area contributed by atoms with Crippen molar-refractivity contribution in [1.82, 2.24) is 9.97 Å². The number of hydrogen-bond acceptors (Lipinski definition) is 9. The van der Waals surface area contributed by atoms with Crippen LogP contribution in [0.3, 0.4) is 0 Å². The van der Waals surface area contributed by atoms with E-state index in [4.69, 9.17) is 4.43 Å². The number of aliphatic hydroxyl groups is 2. The summed E-state index contributed by atoms with van der Waals surface area (Å²) >= 11 is 3.30. The molecule has 0 spiro atoms. The van der Waals surface area contributed by atoms with Gasteiger partial charge in [0.25, 0.3) is 5.69 Å². The van der Waals surface area contributed by atoms with Gasteiger partial charge in [0.05, 0.1) is 29.7 Å². The van der Waals surface area contributed by atoms with Crippen LogP contribution in [0.15, 0.2) is 47.2 Å². The lowest BCUT2D eigenvalue weighted by Crippen LogP contribution is -2.46. The Bertz CT molecular complexity index is 1510. The zero-order valence-electron chi connectivity index (χ0n) is 26.1. The monoisotopic (exact) mass is 714 g/mol. The number of aliphatic hydroxyl groups excluding tert-OH is 2. The molecule has 1 aromatic heterocycles. The first-order valence-electron chi connectivity index (χ1n) is 14.1. The van der Waals surface area contributed by atoms with Gasteiger partial charge in [0.1, 0.15) is 22.9 Å². The standard InChI is InChI=1S/C30H38BrF3N4O6Si/c1-29(2,3)45(6,7)44-30(4,5)27-35-14-17(15-36-27)19-12-22(24(38(41)42)13-21(19)32)37-23(11-18(40)16-39)26-20(31)9-8-10-25(26)43-28(33)34/h8-10,12-15,18,23,28,37,39-40H,11,16H2,1-7H3. The van der Waals surface area contributed by atoms with Gasteiger partial charge in [-0.1, -0.05) is 42.8 Å². The van der Waals surface area contributed by atoms with Gasteiger partial charge in [-0.25, -0.2) is 14.4 Å². The molecule has 1 heterocycles. The lowest BCUT2D eigenvalue weighted by molar-refractivity contribution is -0.384. The van der Waals surface area contributed by atoms with Gasteiger partial charge in [0.15, 0.2) is 14.1 Å². The van der Waals surface area contributed by atoms with E-state index in [1.807, 2.05) is 13.8 Å². The Morgan fingerprint density at radius 1 is 1.13 bits per heavy atom. The fourth-order valence-electron chi connectivity index (χ4n) is 4.50. The van der Waals surface area contributed by atoms with Gasteiger partial charge >= 0.3 is 6.61 Å². The minimum atomic E-state index is -3.19. The first kappa shape index (κ1) is 36.4. The van der Waals surface area contributed by atoms with Crippen LogP contribution in [0.25, 0.3) is 11.1 Å². The molecule has 0 saturated carbocycles. The molecule has 2 aromatic carbocycles. The number of nitrogens with one attached hydrogen (secondary N) is 1. The molecule has 0 saturated heterocycles. The SMILES string of the molecule is CC(C)(O[Si](C)(C)C(C)(C)C)c1ncc(-c2cc(NC(CC(O)CO)c3c(Br)cccc3OC(F)F)c([N+](=O)[O-])cc2F)cn1. The smallest absolute Gasteiger partial charge is 0.387 e. The maximum Gasteiger partial charge on any atom is 0.387 e. The molecular formula is C30H38BrF3N4O6Si. The Morgan fingerprint density at radius 3 is 2.29 bits per heavy atom. The number of halogens is 4. The van der Waals surface area contributed by atoms with E-state index in [9.17, 15) is 29.1 Å². The second kappa shape index (κ2) is 14.1. The van der Waals surface area contributed by atoms with Crippen LogP contribution in [0.1, 0.15) is 58.5 Å². The normalized spacial score (nSPS) is 13.9. The van der Waals surface area contributed by atoms with E-state index in [-0.39, 0.29) is 39.6 Å². The van der Waals surface area contributed by atoms with Crippen molar-refractivity contribution in [2.75, 3.05) is 11.9 Å². The summed E-state index contributed by atoms with van der Waals surface area (Å²) in [6.45, 7) is 10.4. The third kappa shape index (κ3) is 8.79. The molecular weight excluding hydrogens is 677 g/mol. The highest BCUT2D eigenvalue weighted by molar-refractivity contribution is 9.10. The summed E-state index contributed by atoms with van der Waals surface area (Å²) < 4.78 is 53.4. The van der Waals surface area contributed by atoms with Crippen molar-refractivity contribution in [1.29, 1.82) is 0 Å². The van der Waals surface area contributed by atoms with Crippen LogP contribution in [0.2, 0.25) is 18.1 Å². The largest absolute Gasteiger partial charge is 0.434 e. The van der Waals surface area contributed by atoms with Crippen LogP contribution in [0.4, 0.5) is 24.5 Å². The molecule has 2 atom stereocenters. The van der Waals surface area contributed by atoms with Gasteiger partial charge in [-0.2, -0.15) is 8.78 Å². The average Bonchev–Trinajstić information content (AvgIpc) is 2.92. The number of rotatable bonds is 13. The lowest BCUT2D eigenvalue weighted by Gasteiger charge is -2.42. The predicted octanol–water partition coefficient (Wildman–Crippen LogP) is 7.71. The minimum absolute atomic E-state index is 0.0672. The summed E-state index contributed by atoms with van der Waals surface area (Å²) in [7, 11) is -2.21. The van der Waals surface area contributed by atoms with Crippen LogP contribution >= 0.6 is 15.9 Å². The number of hydrogen-bond donors (Lipinski definition) is 3. The van der Waals surface area contributed by atoms with Gasteiger partial charge in [0, 0.05) is 40.0 Å². The van der Waals surface area contributed by atoms with Crippen LogP contribution in [0.5, 0.6) is 5.75 Å². The molecule has 10 nitrogen and oxygen atoms in total. The Balaban J connectivity index is 2.09. The summed E-state index contributed by atoms with van der Waals surface area (Å²) in [5.41, 5.74) is -1.45. The summed E-state index contributed by atoms with van der Waals surface area (Å²) in [4.78, 5) is 20.1. The maximum atomic E-state index is 15.4. The van der Waals surface area contributed by atoms with Gasteiger partial charge < -0.3 is 24.7 Å². The Hall–Kier alpha value is -3.11. The number of aromatic nitrogens is 2. The second-order valence-electron chi connectivity index (χ2n) is 12.6. The fraction of sp³-hybridized carbons (Fsp3) is 0.467. The lowest BCUT2D eigenvalue weighted by atomic mass is 9.98. The van der Waals surface area contributed by atoms with E-state index in [0.717, 1.165) is 6.07 Å². The van der Waals surface area contributed by atoms with E-state index in [0.29, 0.717) is 10.3 Å². The summed E-state index contributed by atoms with van der Waals surface area (Å²) in [6.07, 6.45) is 1.17. The fourth-order valence-corrected chi connectivity index (χ4v) is 6.80. The molecule has 0 aliphatic carbocycles. The van der Waals surface area contributed by atoms with Gasteiger partial charge in [-0.15, -0.1) is 0 Å². The van der Waals surface area contributed by atoms with Crippen LogP contribution in [0, 0.1) is 15.9 Å². The summed E-state index contributed by atoms with van der Waals surface area (Å²) in [6, 6.07) is 5.06. The number of nitro benzene ring substituents is 1. The molecule has 3 N–H and O–H groups in total. The zero-order valence-corrected chi connectivity index (χ0v) is 28.7. The van der Waals surface area contributed by atoms with Crippen LogP contribution < -0.4 is 10.1 Å². The number of nitrogens with zero attached hydrogens (tertiary/aromatic N) is 3. The molecule has 0 aliphatic rings. The Kier molecular flexibility index (Phi) is 11.4. The first-order chi connectivity index (χ1) is 20.8. The van der Waals surface area contributed by atoms with E-state index < -0.39 is 55.7 Å². The minimum Gasteiger partial charge on any atom is -0.434 e.